The second kappa shape index (κ2) is 7.16. The van der Waals surface area contributed by atoms with Crippen LogP contribution in [0.15, 0.2) is 51.0 Å². The Hall–Kier alpha value is -2.65. The number of rotatable bonds is 5. The highest BCUT2D eigenvalue weighted by Crippen LogP contribution is 2.21. The van der Waals surface area contributed by atoms with Crippen molar-refractivity contribution in [3.63, 3.8) is 0 Å². The van der Waals surface area contributed by atoms with E-state index in [4.69, 9.17) is 0 Å². The van der Waals surface area contributed by atoms with Crippen molar-refractivity contribution < 1.29 is 4.79 Å². The zero-order valence-corrected chi connectivity index (χ0v) is 16.5. The molecule has 0 spiro atoms. The maximum Gasteiger partial charge on any atom is 0.262 e. The zero-order chi connectivity index (χ0) is 19.0. The molecule has 0 aliphatic carbocycles. The largest absolute Gasteiger partial charge is 0.341 e. The summed E-state index contributed by atoms with van der Waals surface area (Å²) in [6, 6.07) is 9.36. The van der Waals surface area contributed by atoms with Crippen molar-refractivity contribution in [2.75, 3.05) is 12.8 Å². The fourth-order valence-corrected chi connectivity index (χ4v) is 4.43. The number of aromatic nitrogens is 4. The van der Waals surface area contributed by atoms with E-state index in [1.54, 1.807) is 36.4 Å². The molecule has 0 unspecified atom stereocenters. The van der Waals surface area contributed by atoms with Crippen LogP contribution < -0.4 is 5.56 Å². The summed E-state index contributed by atoms with van der Waals surface area (Å²) in [5, 5.41) is 13.6. The molecule has 1 amide bonds. The van der Waals surface area contributed by atoms with Gasteiger partial charge >= 0.3 is 0 Å². The van der Waals surface area contributed by atoms with E-state index in [9.17, 15) is 9.59 Å². The first-order valence-electron chi connectivity index (χ1n) is 8.27. The van der Waals surface area contributed by atoms with Crippen LogP contribution in [-0.2, 0) is 18.4 Å². The highest BCUT2D eigenvalue weighted by atomic mass is 32.2. The molecule has 0 bridgehead atoms. The molecule has 0 aliphatic rings. The van der Waals surface area contributed by atoms with Crippen LogP contribution in [-0.4, -0.2) is 42.8 Å². The van der Waals surface area contributed by atoms with Gasteiger partial charge in [0.25, 0.3) is 5.56 Å². The second-order valence-electron chi connectivity index (χ2n) is 6.17. The van der Waals surface area contributed by atoms with Crippen molar-refractivity contribution >= 4 is 45.7 Å². The Balaban J connectivity index is 1.61. The van der Waals surface area contributed by atoms with Crippen molar-refractivity contribution in [3.8, 4) is 0 Å². The fraction of sp³-hybridized carbons (Fsp3) is 0.222. The molecule has 9 heteroatoms. The number of carbonyl (C=O) groups is 1. The van der Waals surface area contributed by atoms with Crippen LogP contribution >= 0.6 is 23.1 Å². The number of hydrogen-bond donors (Lipinski definition) is 0. The Morgan fingerprint density at radius 1 is 1.26 bits per heavy atom. The summed E-state index contributed by atoms with van der Waals surface area (Å²) in [6.07, 6.45) is 0. The molecule has 138 valence electrons. The molecule has 0 saturated carbocycles. The van der Waals surface area contributed by atoms with Gasteiger partial charge < -0.3 is 4.90 Å². The van der Waals surface area contributed by atoms with E-state index in [2.05, 4.69) is 10.2 Å². The summed E-state index contributed by atoms with van der Waals surface area (Å²) in [5.41, 5.74) is 1.74. The second-order valence-corrected chi connectivity index (χ2v) is 7.89. The van der Waals surface area contributed by atoms with Crippen LogP contribution in [0, 0.1) is 0 Å². The van der Waals surface area contributed by atoms with Crippen molar-refractivity contribution in [2.45, 2.75) is 11.7 Å². The lowest BCUT2D eigenvalue weighted by Gasteiger charge is -2.16. The number of aryl methyl sites for hydroxylation is 1. The number of para-hydroxylation sites is 1. The summed E-state index contributed by atoms with van der Waals surface area (Å²) in [7, 11) is 3.47. The molecule has 27 heavy (non-hydrogen) atoms. The summed E-state index contributed by atoms with van der Waals surface area (Å²) < 4.78 is 3.30. The maximum absolute atomic E-state index is 12.5. The number of hydrogen-bond acceptors (Lipinski definition) is 6. The van der Waals surface area contributed by atoms with Crippen molar-refractivity contribution in [1.82, 2.24) is 24.1 Å². The topological polar surface area (TPSA) is 72.5 Å². The standard InChI is InChI=1S/C18H17N5O2S2/c1-21(9-12-7-8-26-10-12)15(24)11-27-18-20-19-17-22(2)16(25)13-5-3-4-6-14(13)23(17)18/h3-8,10H,9,11H2,1-2H3. The van der Waals surface area contributed by atoms with Crippen LogP contribution in [0.3, 0.4) is 0 Å². The zero-order valence-electron chi connectivity index (χ0n) is 14.8. The van der Waals surface area contributed by atoms with Crippen LogP contribution in [0.5, 0.6) is 0 Å². The lowest BCUT2D eigenvalue weighted by Crippen LogP contribution is -2.27. The molecule has 0 radical (unpaired) electrons. The van der Waals surface area contributed by atoms with E-state index < -0.39 is 0 Å². The van der Waals surface area contributed by atoms with E-state index in [1.165, 1.54) is 16.3 Å². The number of thioether (sulfide) groups is 1. The molecule has 0 aliphatic heterocycles. The van der Waals surface area contributed by atoms with E-state index in [0.29, 0.717) is 22.9 Å². The molecule has 4 rings (SSSR count). The van der Waals surface area contributed by atoms with Gasteiger partial charge in [-0.15, -0.1) is 10.2 Å². The molecule has 0 fully saturated rings. The monoisotopic (exact) mass is 399 g/mol. The summed E-state index contributed by atoms with van der Waals surface area (Å²) >= 11 is 2.94. The lowest BCUT2D eigenvalue weighted by atomic mass is 10.2. The molecule has 4 aromatic rings. The van der Waals surface area contributed by atoms with Gasteiger partial charge in [0.1, 0.15) is 0 Å². The molecule has 3 heterocycles. The quantitative estimate of drug-likeness (QED) is 0.482. The van der Waals surface area contributed by atoms with Gasteiger partial charge in [-0.25, -0.2) is 0 Å². The summed E-state index contributed by atoms with van der Waals surface area (Å²) in [4.78, 5) is 26.7. The molecule has 1 aromatic carbocycles. The summed E-state index contributed by atoms with van der Waals surface area (Å²) in [5.74, 6) is 0.718. The Labute approximate surface area is 163 Å². The van der Waals surface area contributed by atoms with E-state index in [-0.39, 0.29) is 17.2 Å². The first kappa shape index (κ1) is 17.7. The minimum atomic E-state index is -0.117. The number of benzene rings is 1. The predicted octanol–water partition coefficient (Wildman–Crippen LogP) is 2.39. The molecule has 0 N–H and O–H groups in total. The first-order valence-corrected chi connectivity index (χ1v) is 10.2. The lowest BCUT2D eigenvalue weighted by molar-refractivity contribution is -0.127. The highest BCUT2D eigenvalue weighted by molar-refractivity contribution is 7.99. The number of fused-ring (bicyclic) bond motifs is 3. The number of nitrogens with zero attached hydrogens (tertiary/aromatic N) is 5. The SMILES string of the molecule is CN(Cc1ccsc1)C(=O)CSc1nnc2n(C)c(=O)c3ccccc3n12. The van der Waals surface area contributed by atoms with Gasteiger partial charge in [-0.05, 0) is 34.5 Å². The summed E-state index contributed by atoms with van der Waals surface area (Å²) in [6.45, 7) is 0.584. The van der Waals surface area contributed by atoms with Gasteiger partial charge in [0, 0.05) is 20.6 Å². The van der Waals surface area contributed by atoms with Gasteiger partial charge in [-0.1, -0.05) is 23.9 Å². The van der Waals surface area contributed by atoms with E-state index >= 15 is 0 Å². The van der Waals surface area contributed by atoms with Crippen molar-refractivity contribution in [1.29, 1.82) is 0 Å². The molecular formula is C18H17N5O2S2. The molecular weight excluding hydrogens is 382 g/mol. The average molecular weight is 400 g/mol. The normalized spacial score (nSPS) is 11.3. The number of carbonyl (C=O) groups excluding carboxylic acids is 1. The van der Waals surface area contributed by atoms with E-state index in [0.717, 1.165) is 11.1 Å². The predicted molar refractivity (Wildman–Crippen MR) is 107 cm³/mol. The van der Waals surface area contributed by atoms with Crippen LogP contribution in [0.2, 0.25) is 0 Å². The molecule has 3 aromatic heterocycles. The third kappa shape index (κ3) is 3.24. The molecule has 7 nitrogen and oxygen atoms in total. The Morgan fingerprint density at radius 2 is 2.07 bits per heavy atom. The Morgan fingerprint density at radius 3 is 2.85 bits per heavy atom. The number of amides is 1. The van der Waals surface area contributed by atoms with Gasteiger partial charge in [-0.3, -0.25) is 18.6 Å². The third-order valence-corrected chi connectivity index (χ3v) is 5.99. The van der Waals surface area contributed by atoms with E-state index in [1.807, 2.05) is 39.4 Å². The average Bonchev–Trinajstić information content (AvgIpc) is 3.34. The van der Waals surface area contributed by atoms with Crippen LogP contribution in [0.4, 0.5) is 0 Å². The third-order valence-electron chi connectivity index (χ3n) is 4.35. The van der Waals surface area contributed by atoms with Gasteiger partial charge in [0.05, 0.1) is 16.7 Å². The van der Waals surface area contributed by atoms with Gasteiger partial charge in [0.15, 0.2) is 5.16 Å². The van der Waals surface area contributed by atoms with Crippen molar-refractivity contribution in [3.05, 3.63) is 57.0 Å². The van der Waals surface area contributed by atoms with Crippen LogP contribution in [0.25, 0.3) is 16.7 Å². The Kier molecular flexibility index (Phi) is 4.71. The van der Waals surface area contributed by atoms with Crippen molar-refractivity contribution in [2.24, 2.45) is 7.05 Å². The number of thiophene rings is 1. The maximum atomic E-state index is 12.5. The van der Waals surface area contributed by atoms with Crippen LogP contribution in [0.1, 0.15) is 5.56 Å². The molecule has 0 atom stereocenters. The Bertz CT molecular complexity index is 1180. The van der Waals surface area contributed by atoms with Gasteiger partial charge in [-0.2, -0.15) is 11.3 Å². The smallest absolute Gasteiger partial charge is 0.262 e. The first-order chi connectivity index (χ1) is 13.1. The van der Waals surface area contributed by atoms with Gasteiger partial charge in [0.2, 0.25) is 11.7 Å². The highest BCUT2D eigenvalue weighted by Gasteiger charge is 2.17. The minimum absolute atomic E-state index is 0.0112. The fourth-order valence-electron chi connectivity index (χ4n) is 2.89. The molecule has 0 saturated heterocycles. The minimum Gasteiger partial charge on any atom is -0.341 e.